The van der Waals surface area contributed by atoms with Gasteiger partial charge in [-0.05, 0) is 37.2 Å². The molecule has 0 radical (unpaired) electrons. The molecule has 0 saturated heterocycles. The third-order valence-corrected chi connectivity index (χ3v) is 5.93. The van der Waals surface area contributed by atoms with Crippen LogP contribution in [-0.2, 0) is 6.42 Å². The lowest BCUT2D eigenvalue weighted by Crippen LogP contribution is -2.09. The number of fused-ring (bicyclic) bond motifs is 3. The van der Waals surface area contributed by atoms with Crippen molar-refractivity contribution < 1.29 is 0 Å². The zero-order valence-electron chi connectivity index (χ0n) is 15.6. The predicted molar refractivity (Wildman–Crippen MR) is 102 cm³/mol. The summed E-state index contributed by atoms with van der Waals surface area (Å²) < 4.78 is 2.15. The number of rotatable bonds is 4. The molecule has 140 valence electrons. The summed E-state index contributed by atoms with van der Waals surface area (Å²) in [7, 11) is 0. The molecule has 1 aliphatic carbocycles. The van der Waals surface area contributed by atoms with Gasteiger partial charge in [-0.15, -0.1) is 10.2 Å². The van der Waals surface area contributed by atoms with Crippen molar-refractivity contribution in [1.82, 2.24) is 34.5 Å². The molecule has 1 unspecified atom stereocenters. The normalized spacial score (nSPS) is 22.1. The molecular formula is C20H20N8. The maximum Gasteiger partial charge on any atom is 0.179 e. The van der Waals surface area contributed by atoms with Gasteiger partial charge >= 0.3 is 0 Å². The lowest BCUT2D eigenvalue weighted by atomic mass is 9.93. The van der Waals surface area contributed by atoms with Crippen LogP contribution < -0.4 is 0 Å². The monoisotopic (exact) mass is 372 g/mol. The Balaban J connectivity index is 1.46. The third-order valence-electron chi connectivity index (χ3n) is 5.93. The SMILES string of the molecule is CC[C@@H]1C[C@H](Cc2cnc(C#N)cn2)CC1c1nnc2cnc3[nH]ccc3n12. The minimum Gasteiger partial charge on any atom is -0.345 e. The molecule has 0 aliphatic heterocycles. The highest BCUT2D eigenvalue weighted by Crippen LogP contribution is 2.45. The first kappa shape index (κ1) is 16.8. The van der Waals surface area contributed by atoms with Crippen molar-refractivity contribution in [2.45, 2.75) is 38.5 Å². The number of nitriles is 1. The molecule has 5 rings (SSSR count). The summed E-state index contributed by atoms with van der Waals surface area (Å²) in [5.41, 5.74) is 3.97. The predicted octanol–water partition coefficient (Wildman–Crippen LogP) is 3.03. The van der Waals surface area contributed by atoms with E-state index in [4.69, 9.17) is 5.26 Å². The second kappa shape index (κ2) is 6.68. The minimum absolute atomic E-state index is 0.358. The molecule has 8 heteroatoms. The number of aromatic amines is 1. The first-order valence-corrected chi connectivity index (χ1v) is 9.65. The van der Waals surface area contributed by atoms with Crippen molar-refractivity contribution in [3.05, 3.63) is 48.1 Å². The summed E-state index contributed by atoms with van der Waals surface area (Å²) in [6.45, 7) is 2.25. The van der Waals surface area contributed by atoms with Gasteiger partial charge in [0.15, 0.2) is 17.0 Å². The molecule has 1 N–H and O–H groups in total. The van der Waals surface area contributed by atoms with Crippen LogP contribution in [0.4, 0.5) is 0 Å². The molecule has 4 aromatic heterocycles. The average Bonchev–Trinajstić information content (AvgIpc) is 3.45. The van der Waals surface area contributed by atoms with Gasteiger partial charge in [0, 0.05) is 18.3 Å². The van der Waals surface area contributed by atoms with Gasteiger partial charge < -0.3 is 4.98 Å². The highest BCUT2D eigenvalue weighted by atomic mass is 15.3. The number of aromatic nitrogens is 7. The van der Waals surface area contributed by atoms with Gasteiger partial charge in [0.1, 0.15) is 11.9 Å². The van der Waals surface area contributed by atoms with Crippen LogP contribution in [0.3, 0.4) is 0 Å². The number of hydrogen-bond acceptors (Lipinski definition) is 6. The fourth-order valence-corrected chi connectivity index (χ4v) is 4.63. The van der Waals surface area contributed by atoms with Gasteiger partial charge in [0.05, 0.1) is 23.6 Å². The van der Waals surface area contributed by atoms with Crippen LogP contribution in [0.1, 0.15) is 49.3 Å². The van der Waals surface area contributed by atoms with Crippen LogP contribution in [0.25, 0.3) is 16.8 Å². The Kier molecular flexibility index (Phi) is 4.01. The zero-order chi connectivity index (χ0) is 19.1. The van der Waals surface area contributed by atoms with Crippen molar-refractivity contribution in [3.63, 3.8) is 0 Å². The van der Waals surface area contributed by atoms with Crippen LogP contribution in [0.5, 0.6) is 0 Å². The van der Waals surface area contributed by atoms with Crippen LogP contribution >= 0.6 is 0 Å². The van der Waals surface area contributed by atoms with E-state index in [1.54, 1.807) is 18.6 Å². The molecule has 28 heavy (non-hydrogen) atoms. The second-order valence-corrected chi connectivity index (χ2v) is 7.54. The molecule has 4 aromatic rings. The van der Waals surface area contributed by atoms with E-state index in [0.717, 1.165) is 54.0 Å². The standard InChI is InChI=1S/C20H20N8/c1-2-13-5-12(6-14-9-24-15(8-21)10-23-14)7-16(13)20-27-26-18-11-25-19-17(28(18)20)3-4-22-19/h3-4,9-13,16,22H,2,5-7H2,1H3/t12-,13-,16?/m1/s1. The van der Waals surface area contributed by atoms with E-state index < -0.39 is 0 Å². The van der Waals surface area contributed by atoms with Crippen molar-refractivity contribution in [1.29, 1.82) is 5.26 Å². The maximum absolute atomic E-state index is 8.89. The number of nitrogens with one attached hydrogen (secondary N) is 1. The van der Waals surface area contributed by atoms with Crippen LogP contribution in [-0.4, -0.2) is 34.5 Å². The fourth-order valence-electron chi connectivity index (χ4n) is 4.63. The van der Waals surface area contributed by atoms with Gasteiger partial charge in [-0.25, -0.2) is 9.97 Å². The van der Waals surface area contributed by atoms with E-state index in [1.807, 2.05) is 18.3 Å². The molecule has 0 spiro atoms. The fraction of sp³-hybridized carbons (Fsp3) is 0.400. The molecule has 3 atom stereocenters. The lowest BCUT2D eigenvalue weighted by molar-refractivity contribution is 0.443. The number of H-pyrrole nitrogens is 1. The van der Waals surface area contributed by atoms with E-state index >= 15 is 0 Å². The molecule has 1 saturated carbocycles. The van der Waals surface area contributed by atoms with Crippen molar-refractivity contribution in [3.8, 4) is 6.07 Å². The summed E-state index contributed by atoms with van der Waals surface area (Å²) in [4.78, 5) is 16.1. The van der Waals surface area contributed by atoms with Crippen LogP contribution in [0.2, 0.25) is 0 Å². The first-order valence-electron chi connectivity index (χ1n) is 9.65. The third kappa shape index (κ3) is 2.71. The topological polar surface area (TPSA) is 108 Å². The Bertz CT molecular complexity index is 1170. The van der Waals surface area contributed by atoms with Gasteiger partial charge in [0.25, 0.3) is 0 Å². The largest absolute Gasteiger partial charge is 0.345 e. The minimum atomic E-state index is 0.358. The van der Waals surface area contributed by atoms with Crippen molar-refractivity contribution in [2.24, 2.45) is 11.8 Å². The Morgan fingerprint density at radius 3 is 2.89 bits per heavy atom. The van der Waals surface area contributed by atoms with E-state index in [2.05, 4.69) is 41.5 Å². The van der Waals surface area contributed by atoms with Crippen molar-refractivity contribution in [2.75, 3.05) is 0 Å². The summed E-state index contributed by atoms with van der Waals surface area (Å²) in [6.07, 6.45) is 11.1. The van der Waals surface area contributed by atoms with Gasteiger partial charge in [0.2, 0.25) is 0 Å². The molecule has 0 amide bonds. The average molecular weight is 372 g/mol. The zero-order valence-corrected chi connectivity index (χ0v) is 15.6. The highest BCUT2D eigenvalue weighted by molar-refractivity contribution is 5.74. The molecule has 1 fully saturated rings. The molecule has 8 nitrogen and oxygen atoms in total. The Morgan fingerprint density at radius 1 is 1.18 bits per heavy atom. The first-order chi connectivity index (χ1) is 13.8. The molecule has 0 bridgehead atoms. The summed E-state index contributed by atoms with van der Waals surface area (Å²) >= 11 is 0. The summed E-state index contributed by atoms with van der Waals surface area (Å²) in [5.74, 6) is 2.47. The van der Waals surface area contributed by atoms with Crippen LogP contribution in [0.15, 0.2) is 30.9 Å². The van der Waals surface area contributed by atoms with E-state index in [-0.39, 0.29) is 0 Å². The highest BCUT2D eigenvalue weighted by Gasteiger charge is 2.37. The smallest absolute Gasteiger partial charge is 0.179 e. The maximum atomic E-state index is 8.89. The summed E-state index contributed by atoms with van der Waals surface area (Å²) in [6, 6.07) is 4.05. The van der Waals surface area contributed by atoms with Crippen molar-refractivity contribution >= 4 is 16.8 Å². The Morgan fingerprint density at radius 2 is 2.11 bits per heavy atom. The van der Waals surface area contributed by atoms with E-state index in [0.29, 0.717) is 23.4 Å². The van der Waals surface area contributed by atoms with E-state index in [1.165, 1.54) is 0 Å². The molecular weight excluding hydrogens is 352 g/mol. The van der Waals surface area contributed by atoms with Gasteiger partial charge in [-0.1, -0.05) is 13.3 Å². The summed E-state index contributed by atoms with van der Waals surface area (Å²) in [5, 5.41) is 17.8. The van der Waals surface area contributed by atoms with Gasteiger partial charge in [-0.2, -0.15) is 5.26 Å². The van der Waals surface area contributed by atoms with Gasteiger partial charge in [-0.3, -0.25) is 9.38 Å². The second-order valence-electron chi connectivity index (χ2n) is 7.54. The molecule has 0 aromatic carbocycles. The lowest BCUT2D eigenvalue weighted by Gasteiger charge is -2.16. The quantitative estimate of drug-likeness (QED) is 0.590. The molecule has 4 heterocycles. The number of hydrogen-bond donors (Lipinski definition) is 1. The Hall–Kier alpha value is -3.34. The number of nitrogens with zero attached hydrogens (tertiary/aromatic N) is 7. The Labute approximate surface area is 161 Å². The molecule has 1 aliphatic rings. The van der Waals surface area contributed by atoms with Crippen LogP contribution in [0, 0.1) is 23.2 Å². The van der Waals surface area contributed by atoms with E-state index in [9.17, 15) is 0 Å².